The zero-order valence-corrected chi connectivity index (χ0v) is 35.4. The van der Waals surface area contributed by atoms with Crippen LogP contribution in [-0.2, 0) is 14.3 Å². The zero-order chi connectivity index (χ0) is 39.9. The summed E-state index contributed by atoms with van der Waals surface area (Å²) in [6.07, 6.45) is 4.99. The van der Waals surface area contributed by atoms with Crippen LogP contribution in [0.5, 0.6) is 0 Å². The lowest BCUT2D eigenvalue weighted by atomic mass is 10.2. The predicted octanol–water partition coefficient (Wildman–Crippen LogP) is 12.0. The third kappa shape index (κ3) is 8.87. The van der Waals surface area contributed by atoms with Crippen molar-refractivity contribution < 1.29 is 23.9 Å². The van der Waals surface area contributed by atoms with Gasteiger partial charge in [0.05, 0.1) is 38.2 Å². The Hall–Kier alpha value is -5.20. The predicted molar refractivity (Wildman–Crippen MR) is 238 cm³/mol. The molecule has 0 bridgehead atoms. The fourth-order valence-electron chi connectivity index (χ4n) is 6.91. The van der Waals surface area contributed by atoms with Crippen LogP contribution in [0.15, 0.2) is 142 Å². The summed E-state index contributed by atoms with van der Waals surface area (Å²) in [5.74, 6) is -0.287. The molecule has 0 aliphatic carbocycles. The summed E-state index contributed by atoms with van der Waals surface area (Å²) < 4.78 is 12.5. The van der Waals surface area contributed by atoms with Crippen LogP contribution >= 0.6 is 48.0 Å². The van der Waals surface area contributed by atoms with Gasteiger partial charge in [-0.1, -0.05) is 68.3 Å². The summed E-state index contributed by atoms with van der Waals surface area (Å²) >= 11 is 9.93. The number of halogens is 3. The number of fused-ring (bicyclic) bond motifs is 6. The lowest BCUT2D eigenvalue weighted by Gasteiger charge is -2.08. The number of amides is 2. The number of rotatable bonds is 4. The molecule has 0 spiro atoms. The molecular formula is C46H36Br3N3O5. The molecule has 8 nitrogen and oxygen atoms in total. The number of ether oxygens (including phenoxy) is 1. The molecule has 0 radical (unpaired) electrons. The van der Waals surface area contributed by atoms with Gasteiger partial charge in [-0.25, -0.2) is 3.93 Å². The highest BCUT2D eigenvalue weighted by atomic mass is 79.9. The van der Waals surface area contributed by atoms with Crippen LogP contribution in [0.25, 0.3) is 55.0 Å². The van der Waals surface area contributed by atoms with E-state index in [0.29, 0.717) is 24.0 Å². The molecule has 0 unspecified atom stereocenters. The molecule has 6 aromatic carbocycles. The second kappa shape index (κ2) is 18.4. The number of hydrogen-bond donors (Lipinski definition) is 0. The average Bonchev–Trinajstić information content (AvgIpc) is 4.06. The quantitative estimate of drug-likeness (QED) is 0.0996. The van der Waals surface area contributed by atoms with E-state index in [1.807, 2.05) is 60.7 Å². The molecule has 0 saturated carbocycles. The van der Waals surface area contributed by atoms with Gasteiger partial charge < -0.3 is 13.9 Å². The molecule has 2 aromatic heterocycles. The third-order valence-electron chi connectivity index (χ3n) is 9.66. The first-order chi connectivity index (χ1) is 27.8. The summed E-state index contributed by atoms with van der Waals surface area (Å²) in [4.78, 5) is 42.6. The molecule has 10 rings (SSSR count). The summed E-state index contributed by atoms with van der Waals surface area (Å²) in [5, 5.41) is 4.87. The minimum Gasteiger partial charge on any atom is -0.381 e. The van der Waals surface area contributed by atoms with Crippen molar-refractivity contribution in [2.75, 3.05) is 13.2 Å². The Morgan fingerprint density at radius 1 is 0.491 bits per heavy atom. The molecule has 11 heteroatoms. The van der Waals surface area contributed by atoms with Crippen molar-refractivity contribution in [2.24, 2.45) is 0 Å². The molecule has 2 fully saturated rings. The van der Waals surface area contributed by atoms with Crippen LogP contribution in [0.4, 0.5) is 0 Å². The average molecular weight is 951 g/mol. The van der Waals surface area contributed by atoms with E-state index >= 15 is 0 Å². The van der Waals surface area contributed by atoms with Crippen LogP contribution in [-0.4, -0.2) is 50.7 Å². The van der Waals surface area contributed by atoms with Crippen molar-refractivity contribution in [2.45, 2.75) is 25.7 Å². The molecule has 286 valence electrons. The summed E-state index contributed by atoms with van der Waals surface area (Å²) in [6, 6.07) is 44.7. The van der Waals surface area contributed by atoms with Crippen LogP contribution in [0.2, 0.25) is 0 Å². The number of carbonyl (C=O) groups is 4. The minimum atomic E-state index is -0.144. The van der Waals surface area contributed by atoms with E-state index in [9.17, 15) is 19.2 Å². The zero-order valence-electron chi connectivity index (χ0n) is 30.6. The Balaban J connectivity index is 0.000000133. The Morgan fingerprint density at radius 3 is 1.21 bits per heavy atom. The van der Waals surface area contributed by atoms with E-state index in [0.717, 1.165) is 61.1 Å². The summed E-state index contributed by atoms with van der Waals surface area (Å²) in [5.41, 5.74) is 8.12. The maximum absolute atomic E-state index is 10.9. The highest BCUT2D eigenvalue weighted by molar-refractivity contribution is 9.10. The van der Waals surface area contributed by atoms with Crippen molar-refractivity contribution in [1.29, 1.82) is 0 Å². The SMILES string of the molecule is C1CCOC1.O=C1CCC(=O)N1Br.O=Cc1ccc(-n2c3ccc(Br)cc3c3cc(Br)ccc32)cc1.O=Cc1ccc(-n2c3ccccc3c3ccccc32)cc1. The second-order valence-electron chi connectivity index (χ2n) is 13.3. The molecule has 2 aliphatic rings. The van der Waals surface area contributed by atoms with Gasteiger partial charge >= 0.3 is 0 Å². The highest BCUT2D eigenvalue weighted by Crippen LogP contribution is 2.35. The van der Waals surface area contributed by atoms with Gasteiger partial charge in [-0.05, 0) is 110 Å². The van der Waals surface area contributed by atoms with Crippen LogP contribution < -0.4 is 0 Å². The number of benzene rings is 6. The number of aldehydes is 2. The van der Waals surface area contributed by atoms with Crippen molar-refractivity contribution in [3.63, 3.8) is 0 Å². The Bertz CT molecular complexity index is 2600. The summed E-state index contributed by atoms with van der Waals surface area (Å²) in [6.45, 7) is 2.00. The van der Waals surface area contributed by atoms with Crippen LogP contribution in [0, 0.1) is 0 Å². The van der Waals surface area contributed by atoms with Crippen molar-refractivity contribution in [3.8, 4) is 11.4 Å². The number of imide groups is 1. The maximum Gasteiger partial charge on any atom is 0.239 e. The third-order valence-corrected chi connectivity index (χ3v) is 11.4. The topological polar surface area (TPSA) is 90.6 Å². The highest BCUT2D eigenvalue weighted by Gasteiger charge is 2.26. The van der Waals surface area contributed by atoms with E-state index in [2.05, 4.69) is 130 Å². The maximum atomic E-state index is 10.9. The van der Waals surface area contributed by atoms with E-state index in [4.69, 9.17) is 4.74 Å². The Labute approximate surface area is 354 Å². The second-order valence-corrected chi connectivity index (χ2v) is 15.9. The van der Waals surface area contributed by atoms with E-state index in [1.54, 1.807) is 0 Å². The van der Waals surface area contributed by atoms with Crippen LogP contribution in [0.1, 0.15) is 46.4 Å². The monoisotopic (exact) mass is 947 g/mol. The van der Waals surface area contributed by atoms with Gasteiger partial charge in [0.2, 0.25) is 11.8 Å². The molecule has 2 amide bonds. The minimum absolute atomic E-state index is 0.144. The number of aromatic nitrogens is 2. The first kappa shape index (κ1) is 40.0. The van der Waals surface area contributed by atoms with Gasteiger partial charge in [-0.3, -0.25) is 19.2 Å². The molecule has 2 saturated heterocycles. The molecule has 8 aromatic rings. The number of nitrogens with zero attached hydrogens (tertiary/aromatic N) is 3. The summed E-state index contributed by atoms with van der Waals surface area (Å²) in [7, 11) is 0. The van der Waals surface area contributed by atoms with Gasteiger partial charge in [-0.2, -0.15) is 0 Å². The molecule has 0 N–H and O–H groups in total. The van der Waals surface area contributed by atoms with Gasteiger partial charge in [0.1, 0.15) is 12.6 Å². The van der Waals surface area contributed by atoms with Crippen molar-refractivity contribution in [3.05, 3.63) is 154 Å². The van der Waals surface area contributed by atoms with E-state index < -0.39 is 0 Å². The Morgan fingerprint density at radius 2 is 0.877 bits per heavy atom. The van der Waals surface area contributed by atoms with Crippen LogP contribution in [0.3, 0.4) is 0 Å². The lowest BCUT2D eigenvalue weighted by Crippen LogP contribution is -2.16. The molecular weight excluding hydrogens is 914 g/mol. The van der Waals surface area contributed by atoms with E-state index in [-0.39, 0.29) is 11.8 Å². The fraction of sp³-hybridized carbons (Fsp3) is 0.130. The van der Waals surface area contributed by atoms with Gasteiger partial charge in [0.15, 0.2) is 0 Å². The number of carbonyl (C=O) groups excluding carboxylic acids is 4. The van der Waals surface area contributed by atoms with Gasteiger partial charge in [0, 0.05) is 79.0 Å². The first-order valence-corrected chi connectivity index (χ1v) is 20.6. The smallest absolute Gasteiger partial charge is 0.239 e. The van der Waals surface area contributed by atoms with Crippen molar-refractivity contribution in [1.82, 2.24) is 13.1 Å². The molecule has 0 atom stereocenters. The fourth-order valence-corrected chi connectivity index (χ4v) is 7.99. The molecule has 57 heavy (non-hydrogen) atoms. The lowest BCUT2D eigenvalue weighted by molar-refractivity contribution is -0.131. The normalized spacial score (nSPS) is 13.6. The van der Waals surface area contributed by atoms with E-state index in [1.165, 1.54) is 45.4 Å². The molecule has 2 aliphatic heterocycles. The van der Waals surface area contributed by atoms with Crippen molar-refractivity contribution >= 4 is 116 Å². The Kier molecular flexibility index (Phi) is 12.9. The van der Waals surface area contributed by atoms with Gasteiger partial charge in [0.25, 0.3) is 0 Å². The standard InChI is InChI=1S/C19H11Br2NO.C19H13NO.C4H4BrNO2.C4H8O/c20-13-3-7-18-16(9-13)17-10-14(21)4-8-19(17)22(18)15-5-1-12(11-23)2-6-15;21-13-14-9-11-15(12-10-14)20-18-7-3-1-5-16(18)17-6-2-4-8-19(17)20;5-6-3(7)1-2-4(6)8;1-2-4-5-3-1/h1-11H;1-13H;1-2H2;1-4H2. The largest absolute Gasteiger partial charge is 0.381 e. The van der Waals surface area contributed by atoms with Gasteiger partial charge in [-0.15, -0.1) is 0 Å². The molecule has 4 heterocycles. The first-order valence-electron chi connectivity index (χ1n) is 18.4. The number of hydrogen-bond acceptors (Lipinski definition) is 5. The number of para-hydroxylation sites is 2.